The molecule has 0 spiro atoms. The van der Waals surface area contributed by atoms with Gasteiger partial charge >= 0.3 is 12.1 Å². The number of nitrogen functional groups attached to an aromatic ring is 1. The molecule has 1 aromatic heterocycles. The van der Waals surface area contributed by atoms with Crippen LogP contribution in [0, 0.1) is 0 Å². The van der Waals surface area contributed by atoms with Crippen LogP contribution in [-0.2, 0) is 19.1 Å². The van der Waals surface area contributed by atoms with Gasteiger partial charge < -0.3 is 26.6 Å². The highest BCUT2D eigenvalue weighted by Crippen LogP contribution is 2.40. The fraction of sp³-hybridized carbons (Fsp3) is 0.267. The Morgan fingerprint density at radius 2 is 2.10 bits per heavy atom. The van der Waals surface area contributed by atoms with E-state index < -0.39 is 35.3 Å². The monoisotopic (exact) mass is 493 g/mol. The van der Waals surface area contributed by atoms with Crippen LogP contribution in [0.15, 0.2) is 21.1 Å². The van der Waals surface area contributed by atoms with Crippen molar-refractivity contribution in [1.29, 1.82) is 0 Å². The van der Waals surface area contributed by atoms with Gasteiger partial charge in [0.05, 0.1) is 11.3 Å². The molecule has 0 aliphatic carbocycles. The lowest BCUT2D eigenvalue weighted by molar-refractivity contribution is -0.150. The van der Waals surface area contributed by atoms with Crippen molar-refractivity contribution >= 4 is 80.9 Å². The summed E-state index contributed by atoms with van der Waals surface area (Å²) in [7, 11) is 0. The van der Waals surface area contributed by atoms with Gasteiger partial charge in [-0.15, -0.1) is 23.1 Å². The average molecular weight is 494 g/mol. The zero-order valence-corrected chi connectivity index (χ0v) is 17.9. The number of nitrogens with two attached hydrogens (primary N) is 2. The van der Waals surface area contributed by atoms with E-state index in [0.29, 0.717) is 0 Å². The molecule has 2 aliphatic heterocycles. The molecule has 0 radical (unpaired) electrons. The van der Waals surface area contributed by atoms with Gasteiger partial charge in [0, 0.05) is 16.7 Å². The second-order valence-electron chi connectivity index (χ2n) is 5.93. The van der Waals surface area contributed by atoms with Gasteiger partial charge in [0.25, 0.3) is 11.8 Å². The molecular weight excluding hydrogens is 481 g/mol. The van der Waals surface area contributed by atoms with Gasteiger partial charge in [-0.25, -0.2) is 14.6 Å². The minimum Gasteiger partial charge on any atom is -0.477 e. The minimum atomic E-state index is -1.37. The standard InChI is InChI=1S/C15H13Cl2N5O6S2/c16-9(17)6(5-3-30-14(18)20-5)10(23)21-7-11(24)22-8(13(25)26)4(1-28-15(19)27)2-29-12(7)22/h3,7,12H,1-2H2,(H2,18,20)(H2,19,27)(H,21,23)(H,25,26)/t7?,12-/m1/s1. The molecule has 15 heteroatoms. The number of aromatic nitrogens is 1. The van der Waals surface area contributed by atoms with E-state index in [1.165, 1.54) is 17.1 Å². The van der Waals surface area contributed by atoms with Crippen molar-refractivity contribution in [2.45, 2.75) is 11.4 Å². The molecule has 1 aromatic rings. The molecule has 0 saturated carbocycles. The summed E-state index contributed by atoms with van der Waals surface area (Å²) in [6.07, 6.45) is -1.07. The quantitative estimate of drug-likeness (QED) is 0.327. The Morgan fingerprint density at radius 3 is 2.63 bits per heavy atom. The summed E-state index contributed by atoms with van der Waals surface area (Å²) in [6.45, 7) is -0.364. The zero-order valence-electron chi connectivity index (χ0n) is 14.8. The van der Waals surface area contributed by atoms with E-state index >= 15 is 0 Å². The van der Waals surface area contributed by atoms with Crippen molar-refractivity contribution in [2.75, 3.05) is 18.1 Å². The molecule has 2 aliphatic rings. The highest BCUT2D eigenvalue weighted by atomic mass is 35.5. The van der Waals surface area contributed by atoms with Crippen molar-refractivity contribution in [2.24, 2.45) is 5.73 Å². The maximum absolute atomic E-state index is 12.7. The zero-order chi connectivity index (χ0) is 22.2. The predicted octanol–water partition coefficient (Wildman–Crippen LogP) is 0.705. The summed E-state index contributed by atoms with van der Waals surface area (Å²) >= 11 is 13.9. The van der Waals surface area contributed by atoms with Crippen molar-refractivity contribution in [3.8, 4) is 0 Å². The van der Waals surface area contributed by atoms with E-state index in [0.717, 1.165) is 16.2 Å². The molecule has 0 aromatic carbocycles. The number of nitrogens with zero attached hydrogens (tertiary/aromatic N) is 2. The Morgan fingerprint density at radius 1 is 1.40 bits per heavy atom. The number of aliphatic carboxylic acids is 1. The molecule has 1 fully saturated rings. The number of hydrogen-bond acceptors (Lipinski definition) is 9. The fourth-order valence-electron chi connectivity index (χ4n) is 2.87. The number of carboxylic acid groups (broad SMARTS) is 1. The number of ether oxygens (including phenoxy) is 1. The molecule has 3 amide bonds. The minimum absolute atomic E-state index is 0.145. The Balaban J connectivity index is 1.79. The van der Waals surface area contributed by atoms with E-state index in [1.807, 2.05) is 0 Å². The van der Waals surface area contributed by atoms with E-state index in [4.69, 9.17) is 34.7 Å². The summed E-state index contributed by atoms with van der Waals surface area (Å²) in [5.41, 5.74) is 10.4. The number of nitrogens with one attached hydrogen (secondary N) is 1. The number of rotatable bonds is 6. The summed E-state index contributed by atoms with van der Waals surface area (Å²) in [6, 6.07) is -1.02. The first-order valence-electron chi connectivity index (χ1n) is 8.01. The van der Waals surface area contributed by atoms with Gasteiger partial charge in [0.15, 0.2) is 5.13 Å². The number of anilines is 1. The van der Waals surface area contributed by atoms with Crippen molar-refractivity contribution in [3.63, 3.8) is 0 Å². The fourth-order valence-corrected chi connectivity index (χ4v) is 5.11. The lowest BCUT2D eigenvalue weighted by Crippen LogP contribution is -2.70. The van der Waals surface area contributed by atoms with Crippen LogP contribution in [0.4, 0.5) is 9.93 Å². The van der Waals surface area contributed by atoms with Gasteiger partial charge in [-0.2, -0.15) is 0 Å². The summed E-state index contributed by atoms with van der Waals surface area (Å²) < 4.78 is 4.28. The number of amides is 3. The Kier molecular flexibility index (Phi) is 6.45. The molecule has 3 rings (SSSR count). The van der Waals surface area contributed by atoms with Gasteiger partial charge in [-0.1, -0.05) is 23.2 Å². The smallest absolute Gasteiger partial charge is 0.404 e. The molecule has 160 valence electrons. The van der Waals surface area contributed by atoms with Crippen LogP contribution in [0.5, 0.6) is 0 Å². The first kappa shape index (κ1) is 22.2. The number of β-lactam (4-membered cyclic amide) rings is 1. The van der Waals surface area contributed by atoms with E-state index in [2.05, 4.69) is 15.0 Å². The first-order valence-corrected chi connectivity index (χ1v) is 10.7. The van der Waals surface area contributed by atoms with Crippen LogP contribution in [-0.4, -0.2) is 62.6 Å². The van der Waals surface area contributed by atoms with Crippen molar-refractivity contribution < 1.29 is 29.0 Å². The lowest BCUT2D eigenvalue weighted by Gasteiger charge is -2.49. The third-order valence-electron chi connectivity index (χ3n) is 4.12. The molecule has 30 heavy (non-hydrogen) atoms. The van der Waals surface area contributed by atoms with Crippen LogP contribution in [0.1, 0.15) is 5.69 Å². The van der Waals surface area contributed by atoms with E-state index in [-0.39, 0.29) is 44.5 Å². The van der Waals surface area contributed by atoms with Gasteiger partial charge in [-0.05, 0) is 0 Å². The number of fused-ring (bicyclic) bond motifs is 1. The van der Waals surface area contributed by atoms with Crippen LogP contribution in [0.2, 0.25) is 0 Å². The highest BCUT2D eigenvalue weighted by molar-refractivity contribution is 8.00. The molecular formula is C15H13Cl2N5O6S2. The van der Waals surface area contributed by atoms with Crippen LogP contribution >= 0.6 is 46.3 Å². The molecule has 11 nitrogen and oxygen atoms in total. The number of carbonyl (C=O) groups excluding carboxylic acids is 3. The number of thioether (sulfide) groups is 1. The number of hydrogen-bond donors (Lipinski definition) is 4. The van der Waals surface area contributed by atoms with E-state index in [9.17, 15) is 24.3 Å². The van der Waals surface area contributed by atoms with Crippen molar-refractivity contribution in [3.05, 3.63) is 26.8 Å². The van der Waals surface area contributed by atoms with E-state index in [1.54, 1.807) is 0 Å². The lowest BCUT2D eigenvalue weighted by atomic mass is 10.0. The largest absolute Gasteiger partial charge is 0.477 e. The van der Waals surface area contributed by atoms with Crippen molar-refractivity contribution in [1.82, 2.24) is 15.2 Å². The first-order chi connectivity index (χ1) is 14.1. The second-order valence-corrected chi connectivity index (χ2v) is 8.88. The van der Waals surface area contributed by atoms with Crippen LogP contribution < -0.4 is 16.8 Å². The van der Waals surface area contributed by atoms with Gasteiger partial charge in [0.1, 0.15) is 28.2 Å². The van der Waals surface area contributed by atoms with Gasteiger partial charge in [-0.3, -0.25) is 14.5 Å². The van der Waals surface area contributed by atoms with Crippen LogP contribution in [0.3, 0.4) is 0 Å². The number of carbonyl (C=O) groups is 4. The number of thiazole rings is 1. The third kappa shape index (κ3) is 4.19. The maximum atomic E-state index is 12.7. The molecule has 3 heterocycles. The summed E-state index contributed by atoms with van der Waals surface area (Å²) in [5, 5.41) is 13.0. The Hall–Kier alpha value is -2.48. The Labute approximate surface area is 187 Å². The maximum Gasteiger partial charge on any atom is 0.404 e. The molecule has 0 bridgehead atoms. The summed E-state index contributed by atoms with van der Waals surface area (Å²) in [4.78, 5) is 52.8. The number of primary amides is 1. The normalized spacial score (nSPS) is 20.2. The Bertz CT molecular complexity index is 1010. The highest BCUT2D eigenvalue weighted by Gasteiger charge is 2.54. The molecule has 1 saturated heterocycles. The third-order valence-corrected chi connectivity index (χ3v) is 6.51. The molecule has 6 N–H and O–H groups in total. The SMILES string of the molecule is NC(=O)OCC1=C(C(=O)O)N2C(=O)C(NC(=O)C(=C(Cl)Cl)c3csc(N)n3)[C@H]2SC1. The van der Waals surface area contributed by atoms with Crippen LogP contribution in [0.25, 0.3) is 5.57 Å². The molecule has 2 atom stereocenters. The molecule has 1 unspecified atom stereocenters. The number of halogens is 2. The average Bonchev–Trinajstić information content (AvgIpc) is 3.08. The van der Waals surface area contributed by atoms with Gasteiger partial charge in [0.2, 0.25) is 0 Å². The second kappa shape index (κ2) is 8.71. The topological polar surface area (TPSA) is 178 Å². The predicted molar refractivity (Wildman–Crippen MR) is 110 cm³/mol. The summed E-state index contributed by atoms with van der Waals surface area (Å²) in [5.74, 6) is -2.64. The number of carboxylic acids is 1.